The lowest BCUT2D eigenvalue weighted by Gasteiger charge is -2.27. The normalized spacial score (nSPS) is 13.9. The van der Waals surface area contributed by atoms with Crippen LogP contribution in [0.3, 0.4) is 0 Å². The van der Waals surface area contributed by atoms with E-state index >= 15 is 0 Å². The second-order valence-electron chi connectivity index (χ2n) is 7.43. The molecule has 0 amide bonds. The molecule has 0 aliphatic carbocycles. The maximum atomic E-state index is 12.7. The van der Waals surface area contributed by atoms with E-state index in [1.54, 1.807) is 12.4 Å². The summed E-state index contributed by atoms with van der Waals surface area (Å²) in [6.45, 7) is 2.93. The first-order valence-corrected chi connectivity index (χ1v) is 9.89. The summed E-state index contributed by atoms with van der Waals surface area (Å²) in [6, 6.07) is 10.3. The van der Waals surface area contributed by atoms with Gasteiger partial charge in [-0.1, -0.05) is 30.3 Å². The van der Waals surface area contributed by atoms with Crippen LogP contribution in [0.1, 0.15) is 22.5 Å². The summed E-state index contributed by atoms with van der Waals surface area (Å²) >= 11 is 0. The van der Waals surface area contributed by atoms with Crippen molar-refractivity contribution in [3.8, 4) is 11.4 Å². The van der Waals surface area contributed by atoms with Gasteiger partial charge in [-0.15, -0.1) is 0 Å². The van der Waals surface area contributed by atoms with E-state index in [9.17, 15) is 4.79 Å². The first kappa shape index (κ1) is 18.4. The predicted octanol–water partition coefficient (Wildman–Crippen LogP) is 2.03. The number of H-pyrrole nitrogens is 1. The number of hydrogen-bond donors (Lipinski definition) is 1. The first-order valence-electron chi connectivity index (χ1n) is 9.89. The van der Waals surface area contributed by atoms with Crippen LogP contribution < -0.4 is 5.56 Å². The van der Waals surface area contributed by atoms with Gasteiger partial charge in [-0.3, -0.25) is 9.69 Å². The van der Waals surface area contributed by atoms with Gasteiger partial charge in [0.1, 0.15) is 12.2 Å². The van der Waals surface area contributed by atoms with Crippen LogP contribution in [0.15, 0.2) is 66.4 Å². The lowest BCUT2D eigenvalue weighted by Crippen LogP contribution is -2.36. The maximum Gasteiger partial charge on any atom is 0.255 e. The minimum absolute atomic E-state index is 0.0960. The molecule has 1 aliphatic heterocycles. The van der Waals surface area contributed by atoms with Crippen molar-refractivity contribution in [2.75, 3.05) is 6.54 Å². The number of nitrogens with zero attached hydrogens (tertiary/aromatic N) is 6. The quantitative estimate of drug-likeness (QED) is 0.552. The molecule has 0 saturated carbocycles. The highest BCUT2D eigenvalue weighted by Gasteiger charge is 2.22. The van der Waals surface area contributed by atoms with E-state index < -0.39 is 0 Å². The van der Waals surface area contributed by atoms with Gasteiger partial charge < -0.3 is 9.55 Å². The summed E-state index contributed by atoms with van der Waals surface area (Å²) in [7, 11) is 0. The van der Waals surface area contributed by atoms with Crippen molar-refractivity contribution in [1.29, 1.82) is 0 Å². The van der Waals surface area contributed by atoms with Gasteiger partial charge in [-0.05, 0) is 5.56 Å². The Morgan fingerprint density at radius 2 is 1.83 bits per heavy atom. The number of imidazole rings is 1. The van der Waals surface area contributed by atoms with Crippen molar-refractivity contribution in [3.05, 3.63) is 94.4 Å². The second-order valence-corrected chi connectivity index (χ2v) is 7.43. The third-order valence-corrected chi connectivity index (χ3v) is 5.36. The molecule has 0 spiro atoms. The Bertz CT molecular complexity index is 1200. The van der Waals surface area contributed by atoms with Gasteiger partial charge in [0, 0.05) is 51.2 Å². The molecular weight excluding hydrogens is 378 g/mol. The highest BCUT2D eigenvalue weighted by molar-refractivity contribution is 5.52. The minimum Gasteiger partial charge on any atom is -0.329 e. The molecule has 0 atom stereocenters. The number of hydrogen-bond acceptors (Lipinski definition) is 6. The molecule has 4 aromatic rings. The summed E-state index contributed by atoms with van der Waals surface area (Å²) in [5, 5.41) is 0. The van der Waals surface area contributed by atoms with E-state index in [0.29, 0.717) is 17.9 Å². The molecule has 4 heterocycles. The Labute approximate surface area is 173 Å². The number of aromatic amines is 1. The molecule has 0 fully saturated rings. The molecular formula is C22H21N7O. The average Bonchev–Trinajstić information content (AvgIpc) is 3.22. The van der Waals surface area contributed by atoms with Gasteiger partial charge >= 0.3 is 0 Å². The zero-order valence-corrected chi connectivity index (χ0v) is 16.4. The fourth-order valence-corrected chi connectivity index (χ4v) is 3.81. The summed E-state index contributed by atoms with van der Waals surface area (Å²) in [5.41, 5.74) is 4.57. The Hall–Kier alpha value is -3.65. The molecule has 1 aliphatic rings. The van der Waals surface area contributed by atoms with Crippen LogP contribution in [0.25, 0.3) is 11.4 Å². The van der Waals surface area contributed by atoms with Gasteiger partial charge in [-0.25, -0.2) is 19.9 Å². The van der Waals surface area contributed by atoms with Crippen molar-refractivity contribution in [3.63, 3.8) is 0 Å². The third kappa shape index (κ3) is 3.77. The van der Waals surface area contributed by atoms with E-state index in [4.69, 9.17) is 0 Å². The van der Waals surface area contributed by atoms with E-state index in [1.807, 2.05) is 30.7 Å². The molecule has 3 aromatic heterocycles. The molecule has 150 valence electrons. The van der Waals surface area contributed by atoms with Crippen LogP contribution in [0, 0.1) is 0 Å². The Balaban J connectivity index is 1.34. The molecule has 0 radical (unpaired) electrons. The molecule has 8 heteroatoms. The Morgan fingerprint density at radius 3 is 2.67 bits per heavy atom. The topological polar surface area (TPSA) is 92.6 Å². The predicted molar refractivity (Wildman–Crippen MR) is 111 cm³/mol. The van der Waals surface area contributed by atoms with Gasteiger partial charge in [-0.2, -0.15) is 0 Å². The van der Waals surface area contributed by atoms with Crippen LogP contribution in [0.2, 0.25) is 0 Å². The fourth-order valence-electron chi connectivity index (χ4n) is 3.81. The molecule has 1 aromatic carbocycles. The summed E-state index contributed by atoms with van der Waals surface area (Å²) in [5.74, 6) is 0.522. The van der Waals surface area contributed by atoms with Crippen LogP contribution >= 0.6 is 0 Å². The van der Waals surface area contributed by atoms with Gasteiger partial charge in [0.25, 0.3) is 5.56 Å². The Morgan fingerprint density at radius 1 is 1.00 bits per heavy atom. The highest BCUT2D eigenvalue weighted by Crippen LogP contribution is 2.19. The molecule has 30 heavy (non-hydrogen) atoms. The zero-order valence-electron chi connectivity index (χ0n) is 16.4. The Kier molecular flexibility index (Phi) is 4.90. The highest BCUT2D eigenvalue weighted by atomic mass is 16.1. The standard InChI is InChI=1S/C22H21N7O/c30-22-19-13-28(7-6-20(19)26-21(27-22)17-8-23-14-24-9-17)12-18-10-25-15-29(18)11-16-4-2-1-3-5-16/h1-5,8-10,14-15H,6-7,11-13H2,(H,26,27,30). The SMILES string of the molecule is O=c1[nH]c(-c2cncnc2)nc2c1CN(Cc1cncn1Cc1ccccc1)CC2. The van der Waals surface area contributed by atoms with Gasteiger partial charge in [0.2, 0.25) is 0 Å². The van der Waals surface area contributed by atoms with Crippen molar-refractivity contribution in [1.82, 2.24) is 34.4 Å². The zero-order chi connectivity index (χ0) is 20.3. The largest absolute Gasteiger partial charge is 0.329 e. The lowest BCUT2D eigenvalue weighted by molar-refractivity contribution is 0.236. The van der Waals surface area contributed by atoms with Crippen molar-refractivity contribution < 1.29 is 0 Å². The van der Waals surface area contributed by atoms with E-state index in [2.05, 4.69) is 46.5 Å². The monoisotopic (exact) mass is 399 g/mol. The molecule has 5 rings (SSSR count). The van der Waals surface area contributed by atoms with Gasteiger partial charge in [0.05, 0.1) is 28.8 Å². The number of aromatic nitrogens is 6. The van der Waals surface area contributed by atoms with Crippen molar-refractivity contribution in [2.24, 2.45) is 0 Å². The van der Waals surface area contributed by atoms with E-state index in [1.165, 1.54) is 11.9 Å². The molecule has 0 saturated heterocycles. The molecule has 1 N–H and O–H groups in total. The summed E-state index contributed by atoms with van der Waals surface area (Å²) in [4.78, 5) is 34.9. The van der Waals surface area contributed by atoms with Crippen LogP contribution in [-0.2, 0) is 26.1 Å². The second kappa shape index (κ2) is 8.00. The van der Waals surface area contributed by atoms with Crippen molar-refractivity contribution in [2.45, 2.75) is 26.1 Å². The maximum absolute atomic E-state index is 12.7. The number of benzene rings is 1. The average molecular weight is 399 g/mol. The fraction of sp³-hybridized carbons (Fsp3) is 0.227. The first-order chi connectivity index (χ1) is 14.8. The summed E-state index contributed by atoms with van der Waals surface area (Å²) < 4.78 is 2.16. The van der Waals surface area contributed by atoms with Crippen LogP contribution in [0.4, 0.5) is 0 Å². The third-order valence-electron chi connectivity index (χ3n) is 5.36. The number of rotatable bonds is 5. The molecule has 0 bridgehead atoms. The molecule has 0 unspecified atom stereocenters. The van der Waals surface area contributed by atoms with Crippen molar-refractivity contribution >= 4 is 0 Å². The van der Waals surface area contributed by atoms with E-state index in [-0.39, 0.29) is 5.56 Å². The smallest absolute Gasteiger partial charge is 0.255 e. The summed E-state index contributed by atoms with van der Waals surface area (Å²) in [6.07, 6.45) is 9.26. The molecule has 8 nitrogen and oxygen atoms in total. The van der Waals surface area contributed by atoms with Gasteiger partial charge in [0.15, 0.2) is 0 Å². The minimum atomic E-state index is -0.0960. The van der Waals surface area contributed by atoms with Crippen LogP contribution in [-0.4, -0.2) is 40.9 Å². The lowest BCUT2D eigenvalue weighted by atomic mass is 10.1. The van der Waals surface area contributed by atoms with Crippen LogP contribution in [0.5, 0.6) is 0 Å². The number of fused-ring (bicyclic) bond motifs is 1. The van der Waals surface area contributed by atoms with E-state index in [0.717, 1.165) is 43.0 Å². The number of nitrogens with one attached hydrogen (secondary N) is 1.